The van der Waals surface area contributed by atoms with E-state index in [1.165, 1.54) is 0 Å². The number of carbonyl (C=O) groups excluding carboxylic acids is 1. The van der Waals surface area contributed by atoms with E-state index >= 15 is 0 Å². The fourth-order valence-corrected chi connectivity index (χ4v) is 4.18. The van der Waals surface area contributed by atoms with Gasteiger partial charge in [-0.3, -0.25) is 9.69 Å². The van der Waals surface area contributed by atoms with Gasteiger partial charge in [0.15, 0.2) is 0 Å². The van der Waals surface area contributed by atoms with Gasteiger partial charge in [0.1, 0.15) is 18.5 Å². The van der Waals surface area contributed by atoms with Crippen LogP contribution in [0.5, 0.6) is 5.75 Å². The summed E-state index contributed by atoms with van der Waals surface area (Å²) in [5.74, 6) is 0.658. The smallest absolute Gasteiger partial charge is 0.262 e. The lowest BCUT2D eigenvalue weighted by molar-refractivity contribution is 0.0975. The van der Waals surface area contributed by atoms with Crippen molar-refractivity contribution < 1.29 is 9.53 Å². The number of halogens is 2. The van der Waals surface area contributed by atoms with Crippen molar-refractivity contribution in [2.24, 2.45) is 0 Å². The van der Waals surface area contributed by atoms with Crippen LogP contribution in [0.25, 0.3) is 0 Å². The molecule has 0 fully saturated rings. The number of hydrogen-bond donors (Lipinski definition) is 1. The molecule has 0 radical (unpaired) electrons. The number of amides is 1. The second-order valence-electron chi connectivity index (χ2n) is 7.73. The van der Waals surface area contributed by atoms with Gasteiger partial charge >= 0.3 is 0 Å². The van der Waals surface area contributed by atoms with Crippen LogP contribution in [0.1, 0.15) is 27.7 Å². The van der Waals surface area contributed by atoms with E-state index in [1.807, 2.05) is 84.9 Å². The van der Waals surface area contributed by atoms with Crippen molar-refractivity contribution in [3.8, 4) is 5.75 Å². The summed E-state index contributed by atoms with van der Waals surface area (Å²) in [5.41, 5.74) is 4.11. The van der Waals surface area contributed by atoms with Crippen molar-refractivity contribution in [3.63, 3.8) is 0 Å². The molecule has 1 N–H and O–H groups in total. The predicted octanol–water partition coefficient (Wildman–Crippen LogP) is 7.34. The first kappa shape index (κ1) is 21.4. The van der Waals surface area contributed by atoms with Crippen LogP contribution < -0.4 is 15.0 Å². The molecule has 164 valence electrons. The Morgan fingerprint density at radius 1 is 0.818 bits per heavy atom. The molecule has 0 saturated carbocycles. The maximum absolute atomic E-state index is 13.5. The van der Waals surface area contributed by atoms with Crippen LogP contribution in [-0.4, -0.2) is 5.91 Å². The van der Waals surface area contributed by atoms with Crippen LogP contribution in [-0.2, 0) is 6.61 Å². The molecule has 0 unspecified atom stereocenters. The Bertz CT molecular complexity index is 1290. The Morgan fingerprint density at radius 3 is 2.33 bits per heavy atom. The van der Waals surface area contributed by atoms with Crippen molar-refractivity contribution in [1.82, 2.24) is 0 Å². The van der Waals surface area contributed by atoms with Crippen LogP contribution in [0.3, 0.4) is 0 Å². The molecule has 0 saturated heterocycles. The zero-order chi connectivity index (χ0) is 22.8. The standard InChI is InChI=1S/C27H20Cl2N2O2/c28-20-12-8-18(9-13-20)17-33-23-14-10-19(11-15-23)26-30-25-7-2-1-6-24(25)27(32)31(26)22-5-3-4-21(29)16-22/h1-16,26,30H,17H2/t26-/m1/s1. The first-order valence-electron chi connectivity index (χ1n) is 10.5. The number of anilines is 2. The molecule has 4 aromatic carbocycles. The molecule has 5 rings (SSSR count). The van der Waals surface area contributed by atoms with Gasteiger partial charge in [-0.25, -0.2) is 0 Å². The highest BCUT2D eigenvalue weighted by Gasteiger charge is 2.34. The SMILES string of the molecule is O=C1c2ccccc2N[C@@H](c2ccc(OCc3ccc(Cl)cc3)cc2)N1c1cccc(Cl)c1. The molecule has 1 aliphatic heterocycles. The van der Waals surface area contributed by atoms with Gasteiger partial charge in [-0.2, -0.15) is 0 Å². The van der Waals surface area contributed by atoms with E-state index in [0.717, 1.165) is 28.3 Å². The first-order chi connectivity index (χ1) is 16.1. The Kier molecular flexibility index (Phi) is 5.95. The molecular weight excluding hydrogens is 455 g/mol. The highest BCUT2D eigenvalue weighted by Crippen LogP contribution is 2.37. The van der Waals surface area contributed by atoms with Gasteiger partial charge in [-0.15, -0.1) is 0 Å². The molecular formula is C27H20Cl2N2O2. The molecule has 0 spiro atoms. The Balaban J connectivity index is 1.43. The number of nitrogens with zero attached hydrogens (tertiary/aromatic N) is 1. The van der Waals surface area contributed by atoms with Gasteiger partial charge in [-0.05, 0) is 65.7 Å². The third-order valence-electron chi connectivity index (χ3n) is 5.53. The molecule has 0 aliphatic carbocycles. The van der Waals surface area contributed by atoms with Gasteiger partial charge in [0, 0.05) is 21.4 Å². The molecule has 1 amide bonds. The van der Waals surface area contributed by atoms with Gasteiger partial charge in [-0.1, -0.05) is 65.7 Å². The Morgan fingerprint density at radius 2 is 1.58 bits per heavy atom. The van der Waals surface area contributed by atoms with E-state index < -0.39 is 6.17 Å². The minimum atomic E-state index is -0.392. The number of para-hydroxylation sites is 1. The Labute approximate surface area is 202 Å². The van der Waals surface area contributed by atoms with Crippen LogP contribution in [0.15, 0.2) is 97.1 Å². The average molecular weight is 475 g/mol. The van der Waals surface area contributed by atoms with Gasteiger partial charge in [0.05, 0.1) is 5.56 Å². The second-order valence-corrected chi connectivity index (χ2v) is 8.60. The van der Waals surface area contributed by atoms with Crippen molar-refractivity contribution >= 4 is 40.5 Å². The summed E-state index contributed by atoms with van der Waals surface area (Å²) in [6.45, 7) is 0.443. The van der Waals surface area contributed by atoms with E-state index in [9.17, 15) is 4.79 Å². The highest BCUT2D eigenvalue weighted by molar-refractivity contribution is 6.31. The van der Waals surface area contributed by atoms with Crippen molar-refractivity contribution in [2.75, 3.05) is 10.2 Å². The highest BCUT2D eigenvalue weighted by atomic mass is 35.5. The number of ether oxygens (including phenoxy) is 1. The third kappa shape index (κ3) is 4.54. The normalized spacial score (nSPS) is 15.0. The molecule has 1 heterocycles. The van der Waals surface area contributed by atoms with Crippen molar-refractivity contribution in [3.05, 3.63) is 124 Å². The zero-order valence-electron chi connectivity index (χ0n) is 17.5. The lowest BCUT2D eigenvalue weighted by atomic mass is 10.0. The second kappa shape index (κ2) is 9.18. The molecule has 1 atom stereocenters. The predicted molar refractivity (Wildman–Crippen MR) is 133 cm³/mol. The van der Waals surface area contributed by atoms with Gasteiger partial charge in [0.25, 0.3) is 5.91 Å². The van der Waals surface area contributed by atoms with E-state index in [4.69, 9.17) is 27.9 Å². The maximum Gasteiger partial charge on any atom is 0.262 e. The van der Waals surface area contributed by atoms with Crippen molar-refractivity contribution in [2.45, 2.75) is 12.8 Å². The molecule has 0 bridgehead atoms. The fourth-order valence-electron chi connectivity index (χ4n) is 3.87. The third-order valence-corrected chi connectivity index (χ3v) is 6.01. The molecule has 0 aromatic heterocycles. The van der Waals surface area contributed by atoms with E-state index in [1.54, 1.807) is 17.0 Å². The summed E-state index contributed by atoms with van der Waals surface area (Å²) in [6, 6.07) is 30.2. The Hall–Kier alpha value is -3.47. The topological polar surface area (TPSA) is 41.6 Å². The summed E-state index contributed by atoms with van der Waals surface area (Å²) >= 11 is 12.2. The fraction of sp³-hybridized carbons (Fsp3) is 0.0741. The summed E-state index contributed by atoms with van der Waals surface area (Å²) < 4.78 is 5.92. The largest absolute Gasteiger partial charge is 0.489 e. The number of nitrogens with one attached hydrogen (secondary N) is 1. The number of fused-ring (bicyclic) bond motifs is 1. The van der Waals surface area contributed by atoms with E-state index in [2.05, 4.69) is 5.32 Å². The van der Waals surface area contributed by atoms with Crippen molar-refractivity contribution in [1.29, 1.82) is 0 Å². The average Bonchev–Trinajstić information content (AvgIpc) is 2.84. The van der Waals surface area contributed by atoms with Gasteiger partial charge < -0.3 is 10.1 Å². The lowest BCUT2D eigenvalue weighted by Crippen LogP contribution is -2.43. The van der Waals surface area contributed by atoms with Crippen LogP contribution >= 0.6 is 23.2 Å². The summed E-state index contributed by atoms with van der Waals surface area (Å²) in [6.07, 6.45) is -0.392. The van der Waals surface area contributed by atoms with Crippen LogP contribution in [0, 0.1) is 0 Å². The minimum absolute atomic E-state index is 0.0836. The molecule has 4 nitrogen and oxygen atoms in total. The number of rotatable bonds is 5. The van der Waals surface area contributed by atoms with E-state index in [0.29, 0.717) is 22.2 Å². The van der Waals surface area contributed by atoms with E-state index in [-0.39, 0.29) is 5.91 Å². The minimum Gasteiger partial charge on any atom is -0.489 e. The summed E-state index contributed by atoms with van der Waals surface area (Å²) in [4.78, 5) is 15.2. The molecule has 1 aliphatic rings. The lowest BCUT2D eigenvalue weighted by Gasteiger charge is -2.38. The monoisotopic (exact) mass is 474 g/mol. The zero-order valence-corrected chi connectivity index (χ0v) is 19.1. The summed E-state index contributed by atoms with van der Waals surface area (Å²) in [5, 5.41) is 4.77. The first-order valence-corrected chi connectivity index (χ1v) is 11.3. The maximum atomic E-state index is 13.5. The molecule has 6 heteroatoms. The number of benzene rings is 4. The van der Waals surface area contributed by atoms with Crippen LogP contribution in [0.2, 0.25) is 10.0 Å². The molecule has 4 aromatic rings. The molecule has 33 heavy (non-hydrogen) atoms. The van der Waals surface area contributed by atoms with Crippen LogP contribution in [0.4, 0.5) is 11.4 Å². The number of carbonyl (C=O) groups is 1. The quantitative estimate of drug-likeness (QED) is 0.328. The number of hydrogen-bond acceptors (Lipinski definition) is 3. The summed E-state index contributed by atoms with van der Waals surface area (Å²) in [7, 11) is 0. The van der Waals surface area contributed by atoms with Gasteiger partial charge in [0.2, 0.25) is 0 Å².